The molecule has 0 fully saturated rings. The van der Waals surface area contributed by atoms with Crippen LogP contribution < -0.4 is 9.64 Å². The van der Waals surface area contributed by atoms with E-state index in [0.29, 0.717) is 12.6 Å². The predicted molar refractivity (Wildman–Crippen MR) is 135 cm³/mol. The number of ether oxygens (including phenoxy) is 1. The van der Waals surface area contributed by atoms with Gasteiger partial charge in [0, 0.05) is 53.5 Å². The lowest BCUT2D eigenvalue weighted by atomic mass is 9.92. The van der Waals surface area contributed by atoms with Gasteiger partial charge in [-0.05, 0) is 53.9 Å². The molecule has 1 N–H and O–H groups in total. The molecule has 35 heavy (non-hydrogen) atoms. The van der Waals surface area contributed by atoms with Gasteiger partial charge in [-0.3, -0.25) is 4.68 Å². The molecule has 0 amide bonds. The quantitative estimate of drug-likeness (QED) is 0.332. The molecule has 0 saturated carbocycles. The van der Waals surface area contributed by atoms with Gasteiger partial charge >= 0.3 is 0 Å². The minimum absolute atomic E-state index is 0.0475. The number of aromatic amines is 1. The summed E-state index contributed by atoms with van der Waals surface area (Å²) in [5, 5.41) is 6.04. The van der Waals surface area contributed by atoms with Crippen LogP contribution in [0.2, 0.25) is 5.02 Å². The molecule has 4 heterocycles. The molecule has 8 nitrogen and oxygen atoms in total. The topological polar surface area (TPSA) is 84.8 Å². The van der Waals surface area contributed by atoms with Crippen molar-refractivity contribution in [1.29, 1.82) is 0 Å². The van der Waals surface area contributed by atoms with E-state index in [1.54, 1.807) is 29.7 Å². The molecule has 5 aromatic rings. The third-order valence-electron chi connectivity index (χ3n) is 6.36. The maximum Gasteiger partial charge on any atom is 0.226 e. The summed E-state index contributed by atoms with van der Waals surface area (Å²) in [6, 6.07) is 16.1. The van der Waals surface area contributed by atoms with Crippen molar-refractivity contribution in [3.8, 4) is 5.75 Å². The minimum Gasteiger partial charge on any atom is -0.494 e. The zero-order chi connectivity index (χ0) is 23.6. The molecule has 2 aromatic carbocycles. The minimum atomic E-state index is -0.0475. The van der Waals surface area contributed by atoms with Crippen molar-refractivity contribution in [3.05, 3.63) is 95.4 Å². The van der Waals surface area contributed by atoms with Gasteiger partial charge in [-0.15, -0.1) is 0 Å². The molecular formula is C26H24ClN7O. The van der Waals surface area contributed by atoms with Crippen LogP contribution in [-0.2, 0) is 13.0 Å². The highest BCUT2D eigenvalue weighted by molar-refractivity contribution is 6.31. The van der Waals surface area contributed by atoms with Gasteiger partial charge in [0.15, 0.2) is 0 Å². The molecule has 0 radical (unpaired) electrons. The number of hydrogen-bond donors (Lipinski definition) is 1. The van der Waals surface area contributed by atoms with Gasteiger partial charge < -0.3 is 14.6 Å². The Kier molecular flexibility index (Phi) is 5.79. The van der Waals surface area contributed by atoms with Crippen LogP contribution in [0, 0.1) is 0 Å². The van der Waals surface area contributed by atoms with Gasteiger partial charge in [0.1, 0.15) is 18.4 Å². The molecule has 0 saturated heterocycles. The van der Waals surface area contributed by atoms with Crippen LogP contribution in [0.5, 0.6) is 5.75 Å². The fourth-order valence-corrected chi connectivity index (χ4v) is 4.95. The third kappa shape index (κ3) is 4.33. The van der Waals surface area contributed by atoms with E-state index in [0.717, 1.165) is 53.5 Å². The van der Waals surface area contributed by atoms with Crippen molar-refractivity contribution >= 4 is 28.5 Å². The first-order valence-corrected chi connectivity index (χ1v) is 12.0. The summed E-state index contributed by atoms with van der Waals surface area (Å²) in [7, 11) is 0. The number of nitrogens with one attached hydrogen (secondary N) is 1. The molecule has 6 rings (SSSR count). The molecule has 0 aliphatic carbocycles. The Labute approximate surface area is 207 Å². The summed E-state index contributed by atoms with van der Waals surface area (Å²) in [6.45, 7) is 2.20. The summed E-state index contributed by atoms with van der Waals surface area (Å²) < 4.78 is 7.77. The van der Waals surface area contributed by atoms with E-state index >= 15 is 0 Å². The van der Waals surface area contributed by atoms with E-state index in [2.05, 4.69) is 42.1 Å². The highest BCUT2D eigenvalue weighted by Crippen LogP contribution is 2.40. The molecule has 0 spiro atoms. The average molecular weight is 486 g/mol. The van der Waals surface area contributed by atoms with E-state index in [4.69, 9.17) is 16.3 Å². The number of hydrogen-bond acceptors (Lipinski definition) is 6. The molecule has 1 aliphatic rings. The van der Waals surface area contributed by atoms with Gasteiger partial charge in [-0.2, -0.15) is 5.10 Å². The van der Waals surface area contributed by atoms with Gasteiger partial charge in [0.2, 0.25) is 5.95 Å². The Morgan fingerprint density at radius 2 is 1.94 bits per heavy atom. The summed E-state index contributed by atoms with van der Waals surface area (Å²) in [5.74, 6) is 1.56. The Morgan fingerprint density at radius 3 is 2.74 bits per heavy atom. The largest absolute Gasteiger partial charge is 0.494 e. The molecule has 0 bridgehead atoms. The Bertz CT molecular complexity index is 1420. The summed E-state index contributed by atoms with van der Waals surface area (Å²) in [6.07, 6.45) is 8.58. The molecule has 1 atom stereocenters. The van der Waals surface area contributed by atoms with E-state index in [1.165, 1.54) is 10.9 Å². The first-order chi connectivity index (χ1) is 17.3. The lowest BCUT2D eigenvalue weighted by Gasteiger charge is -2.36. The number of nitrogens with zero attached hydrogens (tertiary/aromatic N) is 6. The van der Waals surface area contributed by atoms with Crippen LogP contribution >= 0.6 is 11.6 Å². The van der Waals surface area contributed by atoms with Gasteiger partial charge in [-0.25, -0.2) is 15.0 Å². The lowest BCUT2D eigenvalue weighted by molar-refractivity contribution is 0.298. The van der Waals surface area contributed by atoms with Gasteiger partial charge in [0.05, 0.1) is 12.6 Å². The van der Waals surface area contributed by atoms with Crippen molar-refractivity contribution in [3.63, 3.8) is 0 Å². The standard InChI is InChI=1S/C26H24ClN7O/c27-19-5-8-23-22(15-19)21-9-13-34(26-29-10-1-11-30-26)25(24(21)32-23)18-3-6-20(7-4-18)35-14-2-12-33-17-28-16-31-33/h1,3-8,10-11,15-17,25,32H,2,9,12-14H2. The second kappa shape index (κ2) is 9.38. The number of benzene rings is 2. The third-order valence-corrected chi connectivity index (χ3v) is 6.60. The highest BCUT2D eigenvalue weighted by Gasteiger charge is 2.33. The van der Waals surface area contributed by atoms with Crippen LogP contribution in [-0.4, -0.2) is 42.9 Å². The molecule has 1 unspecified atom stereocenters. The molecular weight excluding hydrogens is 462 g/mol. The first kappa shape index (κ1) is 21.6. The van der Waals surface area contributed by atoms with Crippen LogP contribution in [0.4, 0.5) is 5.95 Å². The van der Waals surface area contributed by atoms with E-state index < -0.39 is 0 Å². The fourth-order valence-electron chi connectivity index (χ4n) is 4.77. The van der Waals surface area contributed by atoms with Crippen molar-refractivity contribution in [2.75, 3.05) is 18.1 Å². The summed E-state index contributed by atoms with van der Waals surface area (Å²) >= 11 is 6.33. The van der Waals surface area contributed by atoms with Gasteiger partial charge in [-0.1, -0.05) is 23.7 Å². The smallest absolute Gasteiger partial charge is 0.226 e. The first-order valence-electron chi connectivity index (χ1n) is 11.6. The summed E-state index contributed by atoms with van der Waals surface area (Å²) in [4.78, 5) is 19.0. The Morgan fingerprint density at radius 1 is 1.09 bits per heavy atom. The molecule has 176 valence electrons. The monoisotopic (exact) mass is 485 g/mol. The zero-order valence-electron chi connectivity index (χ0n) is 19.0. The van der Waals surface area contributed by atoms with Crippen molar-refractivity contribution in [2.24, 2.45) is 0 Å². The number of halogens is 1. The molecule has 9 heteroatoms. The SMILES string of the molecule is Clc1ccc2[nH]c3c(c2c1)CCN(c1ncccn1)C3c1ccc(OCCCn2cncn2)cc1. The van der Waals surface area contributed by atoms with Crippen LogP contribution in [0.3, 0.4) is 0 Å². The molecule has 1 aliphatic heterocycles. The lowest BCUT2D eigenvalue weighted by Crippen LogP contribution is -2.37. The van der Waals surface area contributed by atoms with E-state index in [9.17, 15) is 0 Å². The van der Waals surface area contributed by atoms with Crippen LogP contribution in [0.25, 0.3) is 10.9 Å². The van der Waals surface area contributed by atoms with Crippen LogP contribution in [0.1, 0.15) is 29.3 Å². The number of aryl methyl sites for hydroxylation is 1. The number of fused-ring (bicyclic) bond motifs is 3. The number of aromatic nitrogens is 6. The normalized spacial score (nSPS) is 15.3. The number of H-pyrrole nitrogens is 1. The highest BCUT2D eigenvalue weighted by atomic mass is 35.5. The average Bonchev–Trinajstić information content (AvgIpc) is 3.55. The maximum absolute atomic E-state index is 6.33. The second-order valence-electron chi connectivity index (χ2n) is 8.53. The second-order valence-corrected chi connectivity index (χ2v) is 8.97. The molecule has 3 aromatic heterocycles. The predicted octanol–water partition coefficient (Wildman–Crippen LogP) is 4.82. The number of anilines is 1. The van der Waals surface area contributed by atoms with E-state index in [1.807, 2.05) is 36.4 Å². The van der Waals surface area contributed by atoms with Gasteiger partial charge in [0.25, 0.3) is 0 Å². The summed E-state index contributed by atoms with van der Waals surface area (Å²) in [5.41, 5.74) is 4.69. The van der Waals surface area contributed by atoms with Crippen molar-refractivity contribution in [2.45, 2.75) is 25.4 Å². The zero-order valence-corrected chi connectivity index (χ0v) is 19.8. The van der Waals surface area contributed by atoms with Crippen LogP contribution in [0.15, 0.2) is 73.6 Å². The van der Waals surface area contributed by atoms with E-state index in [-0.39, 0.29) is 6.04 Å². The Balaban J connectivity index is 1.29. The maximum atomic E-state index is 6.33. The number of rotatable bonds is 7. The van der Waals surface area contributed by atoms with Crippen molar-refractivity contribution in [1.82, 2.24) is 29.7 Å². The van der Waals surface area contributed by atoms with Crippen molar-refractivity contribution < 1.29 is 4.74 Å². The fraction of sp³-hybridized carbons (Fsp3) is 0.231. The Hall–Kier alpha value is -3.91.